The molecular weight excluding hydrogens is 372 g/mol. The van der Waals surface area contributed by atoms with Gasteiger partial charge in [-0.15, -0.1) is 0 Å². The molecule has 5 rings (SSSR count). The number of carbonyl (C=O) groups excluding carboxylic acids is 2. The highest BCUT2D eigenvalue weighted by molar-refractivity contribution is 6.10. The highest BCUT2D eigenvalue weighted by Gasteiger charge is 2.92. The topological polar surface area (TPSA) is 160 Å². The first-order chi connectivity index (χ1) is 13.1. The lowest BCUT2D eigenvalue weighted by Gasteiger charge is -2.49. The predicted molar refractivity (Wildman–Crippen MR) is 89.4 cm³/mol. The van der Waals surface area contributed by atoms with E-state index in [1.54, 1.807) is 6.92 Å². The molecule has 9 atom stereocenters. The lowest BCUT2D eigenvalue weighted by Crippen LogP contribution is -2.74. The molecule has 2 aliphatic heterocycles. The van der Waals surface area contributed by atoms with Crippen LogP contribution in [0.3, 0.4) is 0 Å². The first kappa shape index (κ1) is 18.2. The van der Waals surface area contributed by atoms with Crippen LogP contribution in [-0.2, 0) is 14.3 Å². The van der Waals surface area contributed by atoms with Crippen molar-refractivity contribution in [2.24, 2.45) is 5.92 Å². The Morgan fingerprint density at radius 1 is 1.18 bits per heavy atom. The first-order valence-electron chi connectivity index (χ1n) is 9.10. The molecule has 1 aromatic carbocycles. The second kappa shape index (κ2) is 4.99. The zero-order valence-electron chi connectivity index (χ0n) is 15.1. The third kappa shape index (κ3) is 1.62. The van der Waals surface area contributed by atoms with Crippen LogP contribution in [0.1, 0.15) is 35.9 Å². The number of Topliss-reactive ketones (excluding diaryl/α,β-unsaturated/α-hetero) is 2. The van der Waals surface area contributed by atoms with Gasteiger partial charge in [0.15, 0.2) is 22.6 Å². The fourth-order valence-corrected chi connectivity index (χ4v) is 5.23. The second-order valence-corrected chi connectivity index (χ2v) is 8.19. The van der Waals surface area contributed by atoms with E-state index >= 15 is 0 Å². The van der Waals surface area contributed by atoms with E-state index in [1.807, 2.05) is 0 Å². The number of fused-ring (bicyclic) bond motifs is 1. The number of rotatable bonds is 2. The van der Waals surface area contributed by atoms with Gasteiger partial charge in [-0.3, -0.25) is 9.59 Å². The van der Waals surface area contributed by atoms with Crippen LogP contribution in [0.25, 0.3) is 0 Å². The summed E-state index contributed by atoms with van der Waals surface area (Å²) in [4.78, 5) is 26.1. The van der Waals surface area contributed by atoms with Crippen LogP contribution in [0.15, 0.2) is 18.2 Å². The van der Waals surface area contributed by atoms with Crippen molar-refractivity contribution < 1.29 is 44.6 Å². The van der Waals surface area contributed by atoms with Crippen LogP contribution < -0.4 is 0 Å². The van der Waals surface area contributed by atoms with Crippen molar-refractivity contribution in [1.82, 2.24) is 0 Å². The monoisotopic (exact) mass is 392 g/mol. The SMILES string of the molecule is C[C@@H]1O[C@H]1C(=O)[C@]1(O)[C@H](C)C(O)[C@@]23O[C@@]2(C(O)c2c(O)cccc2C3=O)[C@@H]1O. The Morgan fingerprint density at radius 2 is 1.82 bits per heavy atom. The molecule has 0 spiro atoms. The van der Waals surface area contributed by atoms with Gasteiger partial charge >= 0.3 is 0 Å². The van der Waals surface area contributed by atoms with Crippen molar-refractivity contribution in [2.45, 2.75) is 61.2 Å². The molecular formula is C19H20O9. The molecule has 150 valence electrons. The van der Waals surface area contributed by atoms with Crippen LogP contribution in [0.2, 0.25) is 0 Å². The van der Waals surface area contributed by atoms with Crippen molar-refractivity contribution in [3.63, 3.8) is 0 Å². The molecule has 9 nitrogen and oxygen atoms in total. The van der Waals surface area contributed by atoms with Gasteiger partial charge in [0.2, 0.25) is 5.78 Å². The molecule has 2 unspecified atom stereocenters. The van der Waals surface area contributed by atoms with Gasteiger partial charge in [0.1, 0.15) is 24.1 Å². The Balaban J connectivity index is 1.70. The summed E-state index contributed by atoms with van der Waals surface area (Å²) in [6.45, 7) is 2.95. The number of phenols is 1. The van der Waals surface area contributed by atoms with Crippen LogP contribution >= 0.6 is 0 Å². The third-order valence-electron chi connectivity index (χ3n) is 6.98. The molecule has 2 heterocycles. The Morgan fingerprint density at radius 3 is 2.43 bits per heavy atom. The zero-order valence-corrected chi connectivity index (χ0v) is 15.1. The fourth-order valence-electron chi connectivity index (χ4n) is 5.23. The van der Waals surface area contributed by atoms with Gasteiger partial charge in [-0.1, -0.05) is 19.1 Å². The lowest BCUT2D eigenvalue weighted by atomic mass is 9.55. The standard InChI is InChI=1S/C19H20O9/c1-6-12(21)18-13(22)8-4-3-5-9(20)10(8)14(23)19(18,28-18)16(25)17(6,26)15(24)11-7(2)27-11/h3-7,11-12,14,16,20-21,23,25-26H,1-2H3/t6-,7+,11-,12?,14?,16-,17-,18+,19+/m1/s1. The number of ether oxygens (including phenoxy) is 2. The number of hydrogen-bond acceptors (Lipinski definition) is 9. The average molecular weight is 392 g/mol. The van der Waals surface area contributed by atoms with Crippen molar-refractivity contribution in [3.05, 3.63) is 29.3 Å². The molecule has 4 aliphatic rings. The van der Waals surface area contributed by atoms with Crippen LogP contribution in [0.5, 0.6) is 5.75 Å². The van der Waals surface area contributed by atoms with Gasteiger partial charge in [0.05, 0.1) is 12.2 Å². The molecule has 0 amide bonds. The summed E-state index contributed by atoms with van der Waals surface area (Å²) in [6.07, 6.45) is -6.89. The molecule has 0 radical (unpaired) electrons. The zero-order chi connectivity index (χ0) is 20.4. The van der Waals surface area contributed by atoms with E-state index in [0.717, 1.165) is 0 Å². The quantitative estimate of drug-likeness (QED) is 0.381. The number of aliphatic hydroxyl groups excluding tert-OH is 3. The molecule has 2 aliphatic carbocycles. The fraction of sp³-hybridized carbons (Fsp3) is 0.579. The number of aromatic hydroxyl groups is 1. The predicted octanol–water partition coefficient (Wildman–Crippen LogP) is -1.41. The van der Waals surface area contributed by atoms with Gasteiger partial charge in [-0.25, -0.2) is 0 Å². The van der Waals surface area contributed by atoms with E-state index in [0.29, 0.717) is 0 Å². The number of ketones is 2. The largest absolute Gasteiger partial charge is 0.508 e. The normalized spacial score (nSPS) is 51.0. The molecule has 28 heavy (non-hydrogen) atoms. The summed E-state index contributed by atoms with van der Waals surface area (Å²) < 4.78 is 10.7. The minimum absolute atomic E-state index is 0.0463. The maximum Gasteiger partial charge on any atom is 0.201 e. The summed E-state index contributed by atoms with van der Waals surface area (Å²) in [5.41, 5.74) is -6.92. The maximum atomic E-state index is 13.2. The van der Waals surface area contributed by atoms with Crippen LogP contribution in [0, 0.1) is 5.92 Å². The van der Waals surface area contributed by atoms with Gasteiger partial charge in [-0.2, -0.15) is 0 Å². The molecule has 1 saturated carbocycles. The van der Waals surface area contributed by atoms with E-state index in [1.165, 1.54) is 25.1 Å². The molecule has 3 fully saturated rings. The number of aliphatic hydroxyl groups is 4. The number of benzene rings is 1. The third-order valence-corrected chi connectivity index (χ3v) is 6.98. The Bertz CT molecular complexity index is 930. The maximum absolute atomic E-state index is 13.2. The summed E-state index contributed by atoms with van der Waals surface area (Å²) >= 11 is 0. The number of hydrogen-bond donors (Lipinski definition) is 5. The smallest absolute Gasteiger partial charge is 0.201 e. The van der Waals surface area contributed by atoms with E-state index in [9.17, 15) is 35.1 Å². The number of epoxide rings is 2. The molecule has 5 N–H and O–H groups in total. The lowest BCUT2D eigenvalue weighted by molar-refractivity contribution is -0.198. The van der Waals surface area contributed by atoms with Crippen molar-refractivity contribution in [1.29, 1.82) is 0 Å². The van der Waals surface area contributed by atoms with E-state index < -0.39 is 70.6 Å². The van der Waals surface area contributed by atoms with Crippen LogP contribution in [0.4, 0.5) is 0 Å². The molecule has 2 saturated heterocycles. The number of carbonyl (C=O) groups is 2. The summed E-state index contributed by atoms with van der Waals surface area (Å²) in [5.74, 6) is -3.25. The summed E-state index contributed by atoms with van der Waals surface area (Å²) in [6, 6.07) is 4.04. The number of phenolic OH excluding ortho intramolecular Hbond substituents is 1. The van der Waals surface area contributed by atoms with Crippen LogP contribution in [-0.4, -0.2) is 78.3 Å². The minimum atomic E-state index is -2.52. The van der Waals surface area contributed by atoms with Crippen molar-refractivity contribution in [3.8, 4) is 5.75 Å². The first-order valence-corrected chi connectivity index (χ1v) is 9.10. The molecule has 9 heteroatoms. The average Bonchev–Trinajstić information content (AvgIpc) is 3.57. The van der Waals surface area contributed by atoms with Crippen molar-refractivity contribution >= 4 is 11.6 Å². The summed E-state index contributed by atoms with van der Waals surface area (Å²) in [7, 11) is 0. The minimum Gasteiger partial charge on any atom is -0.508 e. The highest BCUT2D eigenvalue weighted by Crippen LogP contribution is 2.70. The Hall–Kier alpha value is -1.88. The summed E-state index contributed by atoms with van der Waals surface area (Å²) in [5, 5.41) is 54.4. The van der Waals surface area contributed by atoms with E-state index in [2.05, 4.69) is 0 Å². The Kier molecular flexibility index (Phi) is 3.24. The van der Waals surface area contributed by atoms with Crippen molar-refractivity contribution in [2.75, 3.05) is 0 Å². The molecule has 1 aromatic rings. The van der Waals surface area contributed by atoms with Gasteiger partial charge in [0.25, 0.3) is 0 Å². The van der Waals surface area contributed by atoms with E-state index in [4.69, 9.17) is 9.47 Å². The van der Waals surface area contributed by atoms with E-state index in [-0.39, 0.29) is 11.1 Å². The highest BCUT2D eigenvalue weighted by atomic mass is 16.7. The van der Waals surface area contributed by atoms with Gasteiger partial charge in [0, 0.05) is 17.0 Å². The second-order valence-electron chi connectivity index (χ2n) is 8.19. The van der Waals surface area contributed by atoms with Gasteiger partial charge < -0.3 is 35.0 Å². The molecule has 0 aromatic heterocycles. The Labute approximate surface area is 159 Å². The van der Waals surface area contributed by atoms with Gasteiger partial charge in [-0.05, 0) is 13.0 Å². The molecule has 0 bridgehead atoms.